The molecule has 0 aliphatic carbocycles. The molecule has 1 rings (SSSR count). The number of aromatic nitrogens is 2. The zero-order valence-corrected chi connectivity index (χ0v) is 9.35. The summed E-state index contributed by atoms with van der Waals surface area (Å²) in [5.41, 5.74) is 0. The monoisotopic (exact) mass is 217 g/mol. The number of imidazole rings is 1. The van der Waals surface area contributed by atoms with Crippen LogP contribution in [0.3, 0.4) is 0 Å². The van der Waals surface area contributed by atoms with Crippen LogP contribution in [0.4, 0.5) is 0 Å². The van der Waals surface area contributed by atoms with E-state index in [4.69, 9.17) is 10.5 Å². The third kappa shape index (κ3) is 3.38. The quantitative estimate of drug-likeness (QED) is 0.772. The summed E-state index contributed by atoms with van der Waals surface area (Å²) in [6.45, 7) is 3.54. The Morgan fingerprint density at radius 1 is 1.56 bits per heavy atom. The second kappa shape index (κ2) is 6.60. The molecule has 1 aromatic rings. The van der Waals surface area contributed by atoms with E-state index in [2.05, 4.69) is 23.3 Å². The first-order valence-electron chi connectivity index (χ1n) is 5.36. The highest BCUT2D eigenvalue weighted by Crippen LogP contribution is 2.00. The first-order chi connectivity index (χ1) is 7.81. The molecule has 1 atom stereocenters. The van der Waals surface area contributed by atoms with Crippen LogP contribution in [-0.2, 0) is 6.54 Å². The Morgan fingerprint density at radius 3 is 3.00 bits per heavy atom. The van der Waals surface area contributed by atoms with Gasteiger partial charge in [-0.3, -0.25) is 0 Å². The number of nitrogens with zero attached hydrogens (tertiary/aromatic N) is 4. The second-order valence-electron chi connectivity index (χ2n) is 3.48. The van der Waals surface area contributed by atoms with Crippen LogP contribution in [0.5, 0.6) is 0 Å². The molecule has 0 amide bonds. The Bertz CT molecular complexity index is 395. The van der Waals surface area contributed by atoms with Crippen LogP contribution in [0.25, 0.3) is 0 Å². The van der Waals surface area contributed by atoms with Crippen molar-refractivity contribution in [2.24, 2.45) is 0 Å². The number of hydrogen-bond donors (Lipinski definition) is 1. The molecule has 0 saturated carbocycles. The summed E-state index contributed by atoms with van der Waals surface area (Å²) in [6, 6.07) is 4.06. The van der Waals surface area contributed by atoms with Gasteiger partial charge in [-0.1, -0.05) is 6.92 Å². The first kappa shape index (κ1) is 12.2. The average Bonchev–Trinajstić information content (AvgIpc) is 2.77. The number of nitrogens with one attached hydrogen (secondary N) is 1. The third-order valence-electron chi connectivity index (χ3n) is 2.27. The molecular formula is C11H15N5. The molecular weight excluding hydrogens is 202 g/mol. The SMILES string of the molecule is CCCNC(C#N)CCn1ccnc1C#N. The van der Waals surface area contributed by atoms with Crippen molar-refractivity contribution in [1.29, 1.82) is 10.5 Å². The van der Waals surface area contributed by atoms with E-state index in [1.54, 1.807) is 17.0 Å². The van der Waals surface area contributed by atoms with Crippen molar-refractivity contribution in [2.75, 3.05) is 6.54 Å². The lowest BCUT2D eigenvalue weighted by molar-refractivity contribution is 0.514. The maximum absolute atomic E-state index is 8.91. The van der Waals surface area contributed by atoms with Gasteiger partial charge in [0.2, 0.25) is 5.82 Å². The van der Waals surface area contributed by atoms with Crippen molar-refractivity contribution in [3.05, 3.63) is 18.2 Å². The van der Waals surface area contributed by atoms with E-state index in [9.17, 15) is 0 Å². The third-order valence-corrected chi connectivity index (χ3v) is 2.27. The number of aryl methyl sites for hydroxylation is 1. The summed E-state index contributed by atoms with van der Waals surface area (Å²) >= 11 is 0. The van der Waals surface area contributed by atoms with Gasteiger partial charge >= 0.3 is 0 Å². The average molecular weight is 217 g/mol. The second-order valence-corrected chi connectivity index (χ2v) is 3.48. The first-order valence-corrected chi connectivity index (χ1v) is 5.36. The van der Waals surface area contributed by atoms with E-state index >= 15 is 0 Å². The molecule has 0 aromatic carbocycles. The summed E-state index contributed by atoms with van der Waals surface area (Å²) < 4.78 is 1.76. The fourth-order valence-corrected chi connectivity index (χ4v) is 1.40. The lowest BCUT2D eigenvalue weighted by Crippen LogP contribution is -2.29. The van der Waals surface area contributed by atoms with Crippen LogP contribution < -0.4 is 5.32 Å². The van der Waals surface area contributed by atoms with Crippen molar-refractivity contribution < 1.29 is 0 Å². The topological polar surface area (TPSA) is 77.4 Å². The minimum atomic E-state index is -0.158. The molecule has 5 nitrogen and oxygen atoms in total. The summed E-state index contributed by atoms with van der Waals surface area (Å²) in [5.74, 6) is 0.396. The van der Waals surface area contributed by atoms with Crippen molar-refractivity contribution in [3.63, 3.8) is 0 Å². The molecule has 84 valence electrons. The van der Waals surface area contributed by atoms with E-state index in [1.165, 1.54) is 0 Å². The molecule has 0 aliphatic rings. The van der Waals surface area contributed by atoms with Crippen LogP contribution in [0, 0.1) is 22.7 Å². The molecule has 0 saturated heterocycles. The van der Waals surface area contributed by atoms with Crippen LogP contribution in [0.15, 0.2) is 12.4 Å². The molecule has 0 fully saturated rings. The van der Waals surface area contributed by atoms with Gasteiger partial charge in [-0.15, -0.1) is 0 Å². The fraction of sp³-hybridized carbons (Fsp3) is 0.545. The molecule has 1 unspecified atom stereocenters. The fourth-order valence-electron chi connectivity index (χ4n) is 1.40. The number of nitriles is 2. The standard InChI is InChI=1S/C11H15N5/c1-2-4-14-10(8-12)3-6-16-7-5-15-11(16)9-13/h5,7,10,14H,2-4,6H2,1H3. The van der Waals surface area contributed by atoms with Crippen molar-refractivity contribution in [2.45, 2.75) is 32.4 Å². The number of rotatable bonds is 6. The minimum Gasteiger partial charge on any atom is -0.323 e. The van der Waals surface area contributed by atoms with Gasteiger partial charge in [-0.05, 0) is 19.4 Å². The van der Waals surface area contributed by atoms with Gasteiger partial charge in [-0.25, -0.2) is 4.98 Å². The summed E-state index contributed by atoms with van der Waals surface area (Å²) in [6.07, 6.45) is 5.04. The molecule has 1 aromatic heterocycles. The van der Waals surface area contributed by atoms with Crippen molar-refractivity contribution in [3.8, 4) is 12.1 Å². The van der Waals surface area contributed by atoms with E-state index in [0.29, 0.717) is 18.8 Å². The van der Waals surface area contributed by atoms with E-state index < -0.39 is 0 Å². The van der Waals surface area contributed by atoms with Crippen LogP contribution >= 0.6 is 0 Å². The molecule has 16 heavy (non-hydrogen) atoms. The summed E-state index contributed by atoms with van der Waals surface area (Å²) in [5, 5.41) is 20.8. The number of hydrogen-bond acceptors (Lipinski definition) is 4. The normalized spacial score (nSPS) is 11.7. The Balaban J connectivity index is 2.44. The summed E-state index contributed by atoms with van der Waals surface area (Å²) in [4.78, 5) is 3.90. The molecule has 0 aliphatic heterocycles. The van der Waals surface area contributed by atoms with Gasteiger partial charge in [-0.2, -0.15) is 10.5 Å². The van der Waals surface area contributed by atoms with Crippen molar-refractivity contribution >= 4 is 0 Å². The Kier molecular flexibility index (Phi) is 5.04. The molecule has 0 bridgehead atoms. The highest BCUT2D eigenvalue weighted by molar-refractivity contribution is 5.11. The maximum atomic E-state index is 8.91. The van der Waals surface area contributed by atoms with Gasteiger partial charge in [0.1, 0.15) is 6.07 Å². The molecule has 0 radical (unpaired) electrons. The smallest absolute Gasteiger partial charge is 0.212 e. The van der Waals surface area contributed by atoms with Crippen LogP contribution in [0.2, 0.25) is 0 Å². The Labute approximate surface area is 95.3 Å². The van der Waals surface area contributed by atoms with Gasteiger partial charge in [0.15, 0.2) is 0 Å². The molecule has 5 heteroatoms. The van der Waals surface area contributed by atoms with Gasteiger partial charge in [0, 0.05) is 18.9 Å². The van der Waals surface area contributed by atoms with E-state index in [0.717, 1.165) is 13.0 Å². The van der Waals surface area contributed by atoms with E-state index in [-0.39, 0.29) is 6.04 Å². The molecule has 0 spiro atoms. The van der Waals surface area contributed by atoms with Gasteiger partial charge < -0.3 is 9.88 Å². The predicted molar refractivity (Wildman–Crippen MR) is 59.3 cm³/mol. The largest absolute Gasteiger partial charge is 0.323 e. The zero-order valence-electron chi connectivity index (χ0n) is 9.35. The Morgan fingerprint density at radius 2 is 2.38 bits per heavy atom. The minimum absolute atomic E-state index is 0.158. The zero-order chi connectivity index (χ0) is 11.8. The van der Waals surface area contributed by atoms with Gasteiger partial charge in [0.25, 0.3) is 0 Å². The molecule has 1 heterocycles. The lowest BCUT2D eigenvalue weighted by Gasteiger charge is -2.11. The maximum Gasteiger partial charge on any atom is 0.212 e. The highest BCUT2D eigenvalue weighted by Gasteiger charge is 2.07. The van der Waals surface area contributed by atoms with E-state index in [1.807, 2.05) is 6.07 Å². The predicted octanol–water partition coefficient (Wildman–Crippen LogP) is 1.04. The van der Waals surface area contributed by atoms with Crippen LogP contribution in [-0.4, -0.2) is 22.1 Å². The summed E-state index contributed by atoms with van der Waals surface area (Å²) in [7, 11) is 0. The van der Waals surface area contributed by atoms with Crippen LogP contribution in [0.1, 0.15) is 25.6 Å². The Hall–Kier alpha value is -1.85. The lowest BCUT2D eigenvalue weighted by atomic mass is 10.2. The van der Waals surface area contributed by atoms with Crippen molar-refractivity contribution in [1.82, 2.24) is 14.9 Å². The molecule has 1 N–H and O–H groups in total. The highest BCUT2D eigenvalue weighted by atomic mass is 15.1. The van der Waals surface area contributed by atoms with Gasteiger partial charge in [0.05, 0.1) is 12.1 Å².